The average molecular weight is 192 g/mol. The van der Waals surface area contributed by atoms with Gasteiger partial charge >= 0.3 is 5.97 Å². The highest BCUT2D eigenvalue weighted by molar-refractivity contribution is 6.30. The Bertz CT molecular complexity index is 282. The van der Waals surface area contributed by atoms with Crippen molar-refractivity contribution >= 4 is 15.7 Å². The van der Waals surface area contributed by atoms with Gasteiger partial charge in [-0.2, -0.15) is 0 Å². The second kappa shape index (κ2) is 5.32. The molecule has 68 valence electrons. The largest absolute Gasteiger partial charge is 0.522 e. The second-order valence-electron chi connectivity index (χ2n) is 2.61. The molecule has 0 N–H and O–H groups in total. The summed E-state index contributed by atoms with van der Waals surface area (Å²) >= 11 is 0. The number of carbonyl (C=O) groups is 1. The molecule has 1 rings (SSSR count). The molecule has 0 aromatic heterocycles. The molecule has 3 heteroatoms. The van der Waals surface area contributed by atoms with Gasteiger partial charge < -0.3 is 4.43 Å². The van der Waals surface area contributed by atoms with Crippen LogP contribution in [0.1, 0.15) is 5.56 Å². The lowest BCUT2D eigenvalue weighted by Crippen LogP contribution is -2.08. The Kier molecular flexibility index (Phi) is 3.98. The van der Waals surface area contributed by atoms with Crippen molar-refractivity contribution in [1.29, 1.82) is 0 Å². The third kappa shape index (κ3) is 3.71. The van der Waals surface area contributed by atoms with Crippen molar-refractivity contribution in [2.75, 3.05) is 0 Å². The van der Waals surface area contributed by atoms with Gasteiger partial charge in [0, 0.05) is 6.08 Å². The van der Waals surface area contributed by atoms with Gasteiger partial charge in [0.1, 0.15) is 0 Å². The molecule has 0 bridgehead atoms. The predicted octanol–water partition coefficient (Wildman–Crippen LogP) is 1.000. The summed E-state index contributed by atoms with van der Waals surface area (Å²) in [6, 6.07) is 10.9. The molecule has 0 heterocycles. The van der Waals surface area contributed by atoms with Crippen LogP contribution >= 0.6 is 0 Å². The Morgan fingerprint density at radius 3 is 2.77 bits per heavy atom. The predicted molar refractivity (Wildman–Crippen MR) is 55.0 cm³/mol. The van der Waals surface area contributed by atoms with Crippen molar-refractivity contribution in [3.63, 3.8) is 0 Å². The van der Waals surface area contributed by atoms with E-state index in [9.17, 15) is 4.79 Å². The molecule has 0 unspecified atom stereocenters. The van der Waals surface area contributed by atoms with Crippen molar-refractivity contribution in [1.82, 2.24) is 0 Å². The smallest absolute Gasteiger partial charge is 0.316 e. The van der Waals surface area contributed by atoms with Crippen LogP contribution in [0.3, 0.4) is 0 Å². The highest BCUT2D eigenvalue weighted by Gasteiger charge is 1.96. The van der Waals surface area contributed by atoms with E-state index in [1.165, 1.54) is 11.6 Å². The maximum Gasteiger partial charge on any atom is 0.316 e. The monoisotopic (exact) mass is 192 g/mol. The summed E-state index contributed by atoms with van der Waals surface area (Å²) in [5.41, 5.74) is 1.23. The number of rotatable bonds is 4. The molecule has 0 amide bonds. The van der Waals surface area contributed by atoms with Gasteiger partial charge in [0.15, 0.2) is 0 Å². The lowest BCUT2D eigenvalue weighted by molar-refractivity contribution is -0.128. The molecule has 0 atom stereocenters. The van der Waals surface area contributed by atoms with E-state index in [0.717, 1.165) is 6.04 Å². The lowest BCUT2D eigenvalue weighted by Gasteiger charge is -2.00. The summed E-state index contributed by atoms with van der Waals surface area (Å²) in [6.45, 7) is 3.33. The van der Waals surface area contributed by atoms with Crippen LogP contribution in [0.15, 0.2) is 43.0 Å². The van der Waals surface area contributed by atoms with Crippen molar-refractivity contribution < 1.29 is 9.22 Å². The van der Waals surface area contributed by atoms with Crippen LogP contribution in [0.2, 0.25) is 0 Å². The Morgan fingerprint density at radius 1 is 1.46 bits per heavy atom. The van der Waals surface area contributed by atoms with Crippen molar-refractivity contribution in [3.05, 3.63) is 48.6 Å². The Labute approximate surface area is 80.2 Å². The van der Waals surface area contributed by atoms with Gasteiger partial charge in [-0.1, -0.05) is 36.9 Å². The summed E-state index contributed by atoms with van der Waals surface area (Å²) in [7, 11) is -0.766. The SMILES string of the molecule is C=CC(=O)O[SiH2]Cc1ccccc1. The third-order valence-electron chi connectivity index (χ3n) is 1.64. The van der Waals surface area contributed by atoms with Gasteiger partial charge in [-0.25, -0.2) is 4.79 Å². The summed E-state index contributed by atoms with van der Waals surface area (Å²) in [6.07, 6.45) is 1.21. The van der Waals surface area contributed by atoms with Crippen LogP contribution in [0, 0.1) is 0 Å². The Hall–Kier alpha value is -1.35. The van der Waals surface area contributed by atoms with Crippen LogP contribution in [0.4, 0.5) is 0 Å². The van der Waals surface area contributed by atoms with E-state index in [4.69, 9.17) is 4.43 Å². The van der Waals surface area contributed by atoms with Crippen LogP contribution in [0.5, 0.6) is 0 Å². The lowest BCUT2D eigenvalue weighted by atomic mass is 10.2. The van der Waals surface area contributed by atoms with Crippen LogP contribution in [0.25, 0.3) is 0 Å². The number of hydrogen-bond acceptors (Lipinski definition) is 2. The number of benzene rings is 1. The summed E-state index contributed by atoms with van der Waals surface area (Å²) in [4.78, 5) is 10.7. The summed E-state index contributed by atoms with van der Waals surface area (Å²) in [5.74, 6) is -0.303. The molecule has 0 aliphatic carbocycles. The van der Waals surface area contributed by atoms with E-state index in [1.54, 1.807) is 0 Å². The molecule has 2 nitrogen and oxygen atoms in total. The minimum atomic E-state index is -0.766. The van der Waals surface area contributed by atoms with E-state index in [1.807, 2.05) is 30.3 Å². The minimum absolute atomic E-state index is 0.303. The first kappa shape index (κ1) is 9.73. The fourth-order valence-corrected chi connectivity index (χ4v) is 1.96. The first-order chi connectivity index (χ1) is 6.33. The van der Waals surface area contributed by atoms with Crippen LogP contribution in [-0.4, -0.2) is 15.7 Å². The van der Waals surface area contributed by atoms with Gasteiger partial charge in [0.25, 0.3) is 0 Å². The first-order valence-electron chi connectivity index (χ1n) is 4.16. The highest BCUT2D eigenvalue weighted by Crippen LogP contribution is 1.98. The quantitative estimate of drug-likeness (QED) is 0.525. The van der Waals surface area contributed by atoms with E-state index in [2.05, 4.69) is 6.58 Å². The van der Waals surface area contributed by atoms with E-state index in [0.29, 0.717) is 0 Å². The molecular weight excluding hydrogens is 180 g/mol. The molecule has 0 aliphatic rings. The number of hydrogen-bond donors (Lipinski definition) is 0. The van der Waals surface area contributed by atoms with Crippen molar-refractivity contribution in [2.45, 2.75) is 6.04 Å². The zero-order valence-electron chi connectivity index (χ0n) is 7.40. The molecule has 0 saturated carbocycles. The van der Waals surface area contributed by atoms with Crippen molar-refractivity contribution in [2.24, 2.45) is 0 Å². The molecule has 1 aromatic carbocycles. The standard InChI is InChI=1S/C10H12O2Si/c1-2-10(11)12-13-8-9-6-4-3-5-7-9/h2-7H,1,8,13H2. The molecule has 0 saturated heterocycles. The second-order valence-corrected chi connectivity index (χ2v) is 3.80. The zero-order chi connectivity index (χ0) is 9.52. The van der Waals surface area contributed by atoms with Gasteiger partial charge in [-0.3, -0.25) is 0 Å². The summed E-state index contributed by atoms with van der Waals surface area (Å²) < 4.78 is 4.98. The molecule has 1 aromatic rings. The van der Waals surface area contributed by atoms with Crippen LogP contribution < -0.4 is 0 Å². The van der Waals surface area contributed by atoms with Gasteiger partial charge in [-0.05, 0) is 11.6 Å². The third-order valence-corrected chi connectivity index (χ3v) is 2.91. The van der Waals surface area contributed by atoms with Crippen molar-refractivity contribution in [3.8, 4) is 0 Å². The molecule has 13 heavy (non-hydrogen) atoms. The maximum atomic E-state index is 10.7. The molecule has 0 fully saturated rings. The Morgan fingerprint density at radius 2 is 2.15 bits per heavy atom. The normalized spacial score (nSPS) is 10.2. The minimum Gasteiger partial charge on any atom is -0.522 e. The zero-order valence-corrected chi connectivity index (χ0v) is 8.82. The first-order valence-corrected chi connectivity index (χ1v) is 5.74. The highest BCUT2D eigenvalue weighted by atomic mass is 28.2. The van der Waals surface area contributed by atoms with E-state index in [-0.39, 0.29) is 5.97 Å². The Balaban J connectivity index is 2.28. The fraction of sp³-hybridized carbons (Fsp3) is 0.100. The molecule has 0 aliphatic heterocycles. The van der Waals surface area contributed by atoms with E-state index < -0.39 is 9.76 Å². The van der Waals surface area contributed by atoms with E-state index >= 15 is 0 Å². The average Bonchev–Trinajstić information content (AvgIpc) is 2.19. The van der Waals surface area contributed by atoms with Crippen LogP contribution in [-0.2, 0) is 15.3 Å². The fourth-order valence-electron chi connectivity index (χ4n) is 0.973. The molecular formula is C10H12O2Si. The molecule has 0 radical (unpaired) electrons. The van der Waals surface area contributed by atoms with Gasteiger partial charge in [0.05, 0.1) is 0 Å². The number of carbonyl (C=O) groups excluding carboxylic acids is 1. The van der Waals surface area contributed by atoms with Gasteiger partial charge in [-0.15, -0.1) is 0 Å². The topological polar surface area (TPSA) is 26.3 Å². The summed E-state index contributed by atoms with van der Waals surface area (Å²) in [5, 5.41) is 0. The molecule has 0 spiro atoms. The maximum absolute atomic E-state index is 10.7. The van der Waals surface area contributed by atoms with Gasteiger partial charge in [0.2, 0.25) is 9.76 Å².